The summed E-state index contributed by atoms with van der Waals surface area (Å²) in [6.07, 6.45) is 0.767. The first-order valence-electron chi connectivity index (χ1n) is 4.84. The molecule has 1 heterocycles. The number of carboxylic acid groups (broad SMARTS) is 1. The molecule has 0 aliphatic heterocycles. The van der Waals surface area contributed by atoms with Crippen LogP contribution >= 0.6 is 0 Å². The van der Waals surface area contributed by atoms with Gasteiger partial charge in [-0.15, -0.1) is 0 Å². The number of aryl methyl sites for hydroxylation is 1. The Morgan fingerprint density at radius 1 is 1.44 bits per heavy atom. The number of benzene rings is 1. The molecule has 4 heteroatoms. The van der Waals surface area contributed by atoms with Crippen LogP contribution in [0, 0.1) is 6.92 Å². The van der Waals surface area contributed by atoms with Crippen molar-refractivity contribution in [2.45, 2.75) is 6.92 Å². The fourth-order valence-electron chi connectivity index (χ4n) is 1.99. The summed E-state index contributed by atoms with van der Waals surface area (Å²) >= 11 is 0. The molecule has 0 saturated heterocycles. The number of para-hydroxylation sites is 1. The van der Waals surface area contributed by atoms with Crippen LogP contribution in [0.4, 0.5) is 0 Å². The second-order valence-corrected chi connectivity index (χ2v) is 3.68. The Labute approximate surface area is 92.1 Å². The maximum atomic E-state index is 11.1. The van der Waals surface area contributed by atoms with Gasteiger partial charge in [0.15, 0.2) is 6.29 Å². The van der Waals surface area contributed by atoms with E-state index in [1.54, 1.807) is 36.7 Å². The minimum atomic E-state index is -0.983. The minimum absolute atomic E-state index is 0.219. The molecule has 1 aromatic carbocycles. The fourth-order valence-corrected chi connectivity index (χ4v) is 1.99. The lowest BCUT2D eigenvalue weighted by atomic mass is 10.1. The summed E-state index contributed by atoms with van der Waals surface area (Å²) < 4.78 is 1.74. The summed E-state index contributed by atoms with van der Waals surface area (Å²) in [6, 6.07) is 4.95. The van der Waals surface area contributed by atoms with Crippen LogP contribution in [0.2, 0.25) is 0 Å². The molecule has 0 amide bonds. The van der Waals surface area contributed by atoms with Crippen molar-refractivity contribution in [1.82, 2.24) is 4.57 Å². The number of carbonyl (C=O) groups excluding carboxylic acids is 1. The van der Waals surface area contributed by atoms with E-state index in [0.717, 1.165) is 12.0 Å². The first-order valence-corrected chi connectivity index (χ1v) is 4.84. The van der Waals surface area contributed by atoms with Gasteiger partial charge in [-0.05, 0) is 13.0 Å². The third-order valence-electron chi connectivity index (χ3n) is 2.90. The second kappa shape index (κ2) is 3.48. The first-order chi connectivity index (χ1) is 7.57. The normalized spacial score (nSPS) is 10.6. The van der Waals surface area contributed by atoms with Crippen LogP contribution in [0.25, 0.3) is 10.9 Å². The molecule has 1 N–H and O–H groups in total. The SMILES string of the molecule is Cc1c(C=O)c2cccc(C(=O)O)c2n1C. The van der Waals surface area contributed by atoms with Gasteiger partial charge in [0.1, 0.15) is 0 Å². The summed E-state index contributed by atoms with van der Waals surface area (Å²) in [7, 11) is 1.76. The summed E-state index contributed by atoms with van der Waals surface area (Å²) in [5.74, 6) is -0.983. The highest BCUT2D eigenvalue weighted by molar-refractivity contribution is 6.08. The van der Waals surface area contributed by atoms with Crippen LogP contribution < -0.4 is 0 Å². The van der Waals surface area contributed by atoms with Gasteiger partial charge < -0.3 is 9.67 Å². The van der Waals surface area contributed by atoms with Crippen LogP contribution in [0.15, 0.2) is 18.2 Å². The zero-order chi connectivity index (χ0) is 11.9. The summed E-state index contributed by atoms with van der Waals surface area (Å²) in [5.41, 5.74) is 2.14. The second-order valence-electron chi connectivity index (χ2n) is 3.68. The highest BCUT2D eigenvalue weighted by Gasteiger charge is 2.16. The molecule has 0 fully saturated rings. The topological polar surface area (TPSA) is 59.3 Å². The van der Waals surface area contributed by atoms with Crippen molar-refractivity contribution >= 4 is 23.2 Å². The van der Waals surface area contributed by atoms with E-state index in [1.165, 1.54) is 0 Å². The molecule has 0 saturated carbocycles. The number of nitrogens with zero attached hydrogens (tertiary/aromatic N) is 1. The van der Waals surface area contributed by atoms with Crippen LogP contribution in [0.3, 0.4) is 0 Å². The monoisotopic (exact) mass is 217 g/mol. The molecule has 1 aromatic heterocycles. The molecule has 82 valence electrons. The van der Waals surface area contributed by atoms with E-state index in [4.69, 9.17) is 5.11 Å². The molecule has 0 aliphatic rings. The van der Waals surface area contributed by atoms with Crippen LogP contribution in [0.1, 0.15) is 26.4 Å². The van der Waals surface area contributed by atoms with Gasteiger partial charge in [0.25, 0.3) is 0 Å². The Morgan fingerprint density at radius 3 is 2.69 bits per heavy atom. The summed E-state index contributed by atoms with van der Waals surface area (Å²) in [5, 5.41) is 9.77. The van der Waals surface area contributed by atoms with Crippen LogP contribution in [-0.2, 0) is 7.05 Å². The molecule has 0 unspecified atom stereocenters. The largest absolute Gasteiger partial charge is 0.478 e. The van der Waals surface area contributed by atoms with Gasteiger partial charge in [-0.25, -0.2) is 4.79 Å². The predicted molar refractivity (Wildman–Crippen MR) is 60.0 cm³/mol. The van der Waals surface area contributed by atoms with Crippen molar-refractivity contribution in [3.8, 4) is 0 Å². The number of carbonyl (C=O) groups is 2. The lowest BCUT2D eigenvalue weighted by Gasteiger charge is -2.02. The van der Waals surface area contributed by atoms with Gasteiger partial charge >= 0.3 is 5.97 Å². The van der Waals surface area contributed by atoms with Crippen LogP contribution in [0.5, 0.6) is 0 Å². The maximum Gasteiger partial charge on any atom is 0.337 e. The van der Waals surface area contributed by atoms with Gasteiger partial charge in [-0.2, -0.15) is 0 Å². The van der Waals surface area contributed by atoms with E-state index < -0.39 is 5.97 Å². The summed E-state index contributed by atoms with van der Waals surface area (Å²) in [6.45, 7) is 1.80. The van der Waals surface area contributed by atoms with Gasteiger partial charge in [-0.1, -0.05) is 12.1 Å². The van der Waals surface area contributed by atoms with E-state index in [0.29, 0.717) is 16.5 Å². The Morgan fingerprint density at radius 2 is 2.12 bits per heavy atom. The molecular formula is C12H11NO3. The van der Waals surface area contributed by atoms with Crippen molar-refractivity contribution < 1.29 is 14.7 Å². The number of aromatic nitrogens is 1. The molecule has 16 heavy (non-hydrogen) atoms. The number of fused-ring (bicyclic) bond motifs is 1. The van der Waals surface area contributed by atoms with Gasteiger partial charge in [0.2, 0.25) is 0 Å². The number of hydrogen-bond donors (Lipinski definition) is 1. The quantitative estimate of drug-likeness (QED) is 0.782. The Hall–Kier alpha value is -2.10. The smallest absolute Gasteiger partial charge is 0.337 e. The molecule has 0 spiro atoms. The molecule has 0 aliphatic carbocycles. The van der Waals surface area contributed by atoms with E-state index >= 15 is 0 Å². The number of carboxylic acids is 1. The maximum absolute atomic E-state index is 11.1. The molecule has 0 radical (unpaired) electrons. The number of aromatic carboxylic acids is 1. The third-order valence-corrected chi connectivity index (χ3v) is 2.90. The van der Waals surface area contributed by atoms with Crippen molar-refractivity contribution in [3.63, 3.8) is 0 Å². The fraction of sp³-hybridized carbons (Fsp3) is 0.167. The third kappa shape index (κ3) is 1.23. The Balaban J connectivity index is 2.99. The van der Waals surface area contributed by atoms with E-state index in [2.05, 4.69) is 0 Å². The first kappa shape index (κ1) is 10.4. The lowest BCUT2D eigenvalue weighted by Crippen LogP contribution is -2.01. The standard InChI is InChI=1S/C12H11NO3/c1-7-10(6-14)8-4-3-5-9(12(15)16)11(8)13(7)2/h3-6H,1-2H3,(H,15,16). The average molecular weight is 217 g/mol. The van der Waals surface area contributed by atoms with Gasteiger partial charge in [-0.3, -0.25) is 4.79 Å². The van der Waals surface area contributed by atoms with E-state index in [9.17, 15) is 9.59 Å². The van der Waals surface area contributed by atoms with Gasteiger partial charge in [0.05, 0.1) is 11.1 Å². The molecule has 4 nitrogen and oxygen atoms in total. The van der Waals surface area contributed by atoms with E-state index in [-0.39, 0.29) is 5.56 Å². The van der Waals surface area contributed by atoms with Crippen molar-refractivity contribution in [1.29, 1.82) is 0 Å². The van der Waals surface area contributed by atoms with Crippen LogP contribution in [-0.4, -0.2) is 21.9 Å². The number of aldehydes is 1. The van der Waals surface area contributed by atoms with E-state index in [1.807, 2.05) is 0 Å². The Kier molecular flexibility index (Phi) is 2.27. The Bertz CT molecular complexity index is 596. The summed E-state index contributed by atoms with van der Waals surface area (Å²) in [4.78, 5) is 22.0. The zero-order valence-corrected chi connectivity index (χ0v) is 9.02. The minimum Gasteiger partial charge on any atom is -0.478 e. The van der Waals surface area contributed by atoms with Crippen molar-refractivity contribution in [2.75, 3.05) is 0 Å². The predicted octanol–water partition coefficient (Wildman–Crippen LogP) is 2.00. The van der Waals surface area contributed by atoms with Crippen molar-refractivity contribution in [2.24, 2.45) is 7.05 Å². The zero-order valence-electron chi connectivity index (χ0n) is 9.02. The number of hydrogen-bond acceptors (Lipinski definition) is 2. The lowest BCUT2D eigenvalue weighted by molar-refractivity contribution is 0.0698. The molecular weight excluding hydrogens is 206 g/mol. The highest BCUT2D eigenvalue weighted by Crippen LogP contribution is 2.26. The molecule has 0 bridgehead atoms. The number of rotatable bonds is 2. The molecule has 2 rings (SSSR count). The van der Waals surface area contributed by atoms with Crippen molar-refractivity contribution in [3.05, 3.63) is 35.0 Å². The van der Waals surface area contributed by atoms with Gasteiger partial charge in [0, 0.05) is 23.7 Å². The highest BCUT2D eigenvalue weighted by atomic mass is 16.4. The molecule has 0 atom stereocenters. The average Bonchev–Trinajstić information content (AvgIpc) is 2.51. The molecule has 2 aromatic rings.